The van der Waals surface area contributed by atoms with Gasteiger partial charge in [-0.25, -0.2) is 4.98 Å². The van der Waals surface area contributed by atoms with Crippen molar-refractivity contribution in [1.82, 2.24) is 4.98 Å². The minimum absolute atomic E-state index is 0.282. The Morgan fingerprint density at radius 2 is 2.08 bits per heavy atom. The largest absolute Gasteiger partial charge is 0.370 e. The summed E-state index contributed by atoms with van der Waals surface area (Å²) in [5.74, 6) is 0.921. The van der Waals surface area contributed by atoms with Crippen LogP contribution in [-0.4, -0.2) is 11.5 Å². The molecule has 0 atom stereocenters. The van der Waals surface area contributed by atoms with E-state index < -0.39 is 0 Å². The molecular formula is C10H15BrN2. The van der Waals surface area contributed by atoms with Crippen LogP contribution < -0.4 is 5.32 Å². The number of hydrogen-bond acceptors (Lipinski definition) is 2. The van der Waals surface area contributed by atoms with Gasteiger partial charge in [0.25, 0.3) is 0 Å². The van der Waals surface area contributed by atoms with Gasteiger partial charge in [0.2, 0.25) is 0 Å². The quantitative estimate of drug-likeness (QED) is 0.806. The second-order valence-corrected chi connectivity index (χ2v) is 5.07. The summed E-state index contributed by atoms with van der Waals surface area (Å²) < 4.78 is 0.867. The van der Waals surface area contributed by atoms with Crippen molar-refractivity contribution in [1.29, 1.82) is 0 Å². The fraction of sp³-hybridized carbons (Fsp3) is 0.500. The Bertz CT molecular complexity index is 278. The summed E-state index contributed by atoms with van der Waals surface area (Å²) >= 11 is 3.33. The molecule has 1 aromatic rings. The summed E-state index contributed by atoms with van der Waals surface area (Å²) in [5, 5.41) is 3.28. The third-order valence-corrected chi connectivity index (χ3v) is 1.96. The van der Waals surface area contributed by atoms with Gasteiger partial charge in [-0.05, 0) is 33.5 Å². The molecular weight excluding hydrogens is 228 g/mol. The van der Waals surface area contributed by atoms with E-state index in [0.717, 1.165) is 17.0 Å². The molecule has 0 saturated heterocycles. The first-order valence-electron chi connectivity index (χ1n) is 4.34. The lowest BCUT2D eigenvalue weighted by Gasteiger charge is -2.19. The highest BCUT2D eigenvalue weighted by Gasteiger charge is 2.09. The normalized spacial score (nSPS) is 11.4. The Kier molecular flexibility index (Phi) is 3.31. The van der Waals surface area contributed by atoms with Crippen LogP contribution in [0.5, 0.6) is 0 Å². The number of pyridine rings is 1. The van der Waals surface area contributed by atoms with E-state index in [1.807, 2.05) is 18.2 Å². The predicted octanol–water partition coefficient (Wildman–Crippen LogP) is 3.30. The Balaban J connectivity index is 2.55. The molecule has 13 heavy (non-hydrogen) atoms. The minimum Gasteiger partial charge on any atom is -0.370 e. The third-order valence-electron chi connectivity index (χ3n) is 1.51. The van der Waals surface area contributed by atoms with Crippen molar-refractivity contribution in [3.63, 3.8) is 0 Å². The van der Waals surface area contributed by atoms with Crippen molar-refractivity contribution >= 4 is 21.7 Å². The number of halogens is 1. The SMILES string of the molecule is CC(C)(C)CNc1cccc(Br)n1. The lowest BCUT2D eigenvalue weighted by atomic mass is 9.97. The summed E-state index contributed by atoms with van der Waals surface area (Å²) in [7, 11) is 0. The van der Waals surface area contributed by atoms with Gasteiger partial charge in [-0.15, -0.1) is 0 Å². The fourth-order valence-electron chi connectivity index (χ4n) is 0.862. The molecule has 0 unspecified atom stereocenters. The minimum atomic E-state index is 0.282. The van der Waals surface area contributed by atoms with Crippen molar-refractivity contribution in [3.8, 4) is 0 Å². The highest BCUT2D eigenvalue weighted by Crippen LogP contribution is 2.15. The molecule has 0 spiro atoms. The van der Waals surface area contributed by atoms with E-state index in [9.17, 15) is 0 Å². The molecule has 0 aliphatic heterocycles. The molecule has 0 aliphatic rings. The average molecular weight is 243 g/mol. The molecule has 72 valence electrons. The lowest BCUT2D eigenvalue weighted by Crippen LogP contribution is -2.19. The van der Waals surface area contributed by atoms with Crippen LogP contribution in [0.3, 0.4) is 0 Å². The summed E-state index contributed by atoms with van der Waals surface area (Å²) in [6, 6.07) is 5.86. The van der Waals surface area contributed by atoms with E-state index in [0.29, 0.717) is 0 Å². The zero-order chi connectivity index (χ0) is 9.90. The highest BCUT2D eigenvalue weighted by atomic mass is 79.9. The van der Waals surface area contributed by atoms with Crippen LogP contribution in [0.25, 0.3) is 0 Å². The number of nitrogens with zero attached hydrogens (tertiary/aromatic N) is 1. The lowest BCUT2D eigenvalue weighted by molar-refractivity contribution is 0.442. The van der Waals surface area contributed by atoms with Gasteiger partial charge in [0.05, 0.1) is 0 Å². The topological polar surface area (TPSA) is 24.9 Å². The predicted molar refractivity (Wildman–Crippen MR) is 59.9 cm³/mol. The first kappa shape index (κ1) is 10.5. The van der Waals surface area contributed by atoms with Crippen molar-refractivity contribution in [2.75, 3.05) is 11.9 Å². The first-order valence-corrected chi connectivity index (χ1v) is 5.13. The van der Waals surface area contributed by atoms with Crippen LogP contribution in [0.2, 0.25) is 0 Å². The van der Waals surface area contributed by atoms with Crippen LogP contribution in [-0.2, 0) is 0 Å². The number of anilines is 1. The van der Waals surface area contributed by atoms with Gasteiger partial charge in [0.1, 0.15) is 10.4 Å². The number of hydrogen-bond donors (Lipinski definition) is 1. The smallest absolute Gasteiger partial charge is 0.127 e. The van der Waals surface area contributed by atoms with Crippen LogP contribution >= 0.6 is 15.9 Å². The van der Waals surface area contributed by atoms with Gasteiger partial charge >= 0.3 is 0 Å². The van der Waals surface area contributed by atoms with E-state index in [2.05, 4.69) is 47.0 Å². The van der Waals surface area contributed by atoms with Gasteiger partial charge < -0.3 is 5.32 Å². The van der Waals surface area contributed by atoms with Crippen molar-refractivity contribution in [2.24, 2.45) is 5.41 Å². The van der Waals surface area contributed by atoms with E-state index in [1.54, 1.807) is 0 Å². The molecule has 0 amide bonds. The molecule has 3 heteroatoms. The summed E-state index contributed by atoms with van der Waals surface area (Å²) in [6.45, 7) is 7.50. The van der Waals surface area contributed by atoms with Crippen LogP contribution in [0, 0.1) is 5.41 Å². The van der Waals surface area contributed by atoms with Crippen LogP contribution in [0.4, 0.5) is 5.82 Å². The first-order chi connectivity index (χ1) is 5.97. The van der Waals surface area contributed by atoms with Gasteiger partial charge in [-0.1, -0.05) is 26.8 Å². The Labute approximate surface area is 87.9 Å². The highest BCUT2D eigenvalue weighted by molar-refractivity contribution is 9.10. The second-order valence-electron chi connectivity index (χ2n) is 4.26. The molecule has 0 aliphatic carbocycles. The fourth-order valence-corrected chi connectivity index (χ4v) is 1.21. The van der Waals surface area contributed by atoms with E-state index in [4.69, 9.17) is 0 Å². The van der Waals surface area contributed by atoms with Crippen LogP contribution in [0.15, 0.2) is 22.8 Å². The van der Waals surface area contributed by atoms with Gasteiger partial charge in [-0.2, -0.15) is 0 Å². The molecule has 1 aromatic heterocycles. The van der Waals surface area contributed by atoms with Gasteiger partial charge in [0.15, 0.2) is 0 Å². The van der Waals surface area contributed by atoms with Crippen molar-refractivity contribution < 1.29 is 0 Å². The van der Waals surface area contributed by atoms with Crippen molar-refractivity contribution in [3.05, 3.63) is 22.8 Å². The second kappa shape index (κ2) is 4.09. The van der Waals surface area contributed by atoms with E-state index >= 15 is 0 Å². The zero-order valence-electron chi connectivity index (χ0n) is 8.26. The van der Waals surface area contributed by atoms with Gasteiger partial charge in [0, 0.05) is 6.54 Å². The Morgan fingerprint density at radius 3 is 2.62 bits per heavy atom. The van der Waals surface area contributed by atoms with Crippen molar-refractivity contribution in [2.45, 2.75) is 20.8 Å². The standard InChI is InChI=1S/C10H15BrN2/c1-10(2,3)7-12-9-6-4-5-8(11)13-9/h4-6H,7H2,1-3H3,(H,12,13). The molecule has 2 nitrogen and oxygen atoms in total. The van der Waals surface area contributed by atoms with E-state index in [-0.39, 0.29) is 5.41 Å². The monoisotopic (exact) mass is 242 g/mol. The average Bonchev–Trinajstić information content (AvgIpc) is 2.00. The molecule has 1 rings (SSSR count). The van der Waals surface area contributed by atoms with Gasteiger partial charge in [-0.3, -0.25) is 0 Å². The number of nitrogens with one attached hydrogen (secondary N) is 1. The number of rotatable bonds is 2. The third kappa shape index (κ3) is 4.27. The Morgan fingerprint density at radius 1 is 1.38 bits per heavy atom. The molecule has 0 aromatic carbocycles. The molecule has 0 saturated carbocycles. The maximum absolute atomic E-state index is 4.28. The zero-order valence-corrected chi connectivity index (χ0v) is 9.85. The van der Waals surface area contributed by atoms with E-state index in [1.165, 1.54) is 0 Å². The molecule has 1 N–H and O–H groups in total. The summed E-state index contributed by atoms with van der Waals surface area (Å²) in [5.41, 5.74) is 0.282. The maximum Gasteiger partial charge on any atom is 0.127 e. The summed E-state index contributed by atoms with van der Waals surface area (Å²) in [6.07, 6.45) is 0. The Hall–Kier alpha value is -0.570. The number of aromatic nitrogens is 1. The molecule has 0 radical (unpaired) electrons. The molecule has 1 heterocycles. The summed E-state index contributed by atoms with van der Waals surface area (Å²) in [4.78, 5) is 4.28. The molecule has 0 bridgehead atoms. The van der Waals surface area contributed by atoms with Crippen LogP contribution in [0.1, 0.15) is 20.8 Å². The maximum atomic E-state index is 4.28. The molecule has 0 fully saturated rings.